The van der Waals surface area contributed by atoms with Crippen LogP contribution in [0.5, 0.6) is 0 Å². The van der Waals surface area contributed by atoms with Crippen molar-refractivity contribution in [2.45, 2.75) is 32.0 Å². The van der Waals surface area contributed by atoms with E-state index in [0.717, 1.165) is 17.5 Å². The Labute approximate surface area is 197 Å². The topological polar surface area (TPSA) is 111 Å². The highest BCUT2D eigenvalue weighted by Crippen LogP contribution is 2.25. The summed E-state index contributed by atoms with van der Waals surface area (Å²) in [5.74, 6) is 0.651. The minimum atomic E-state index is -0.881. The molecule has 2 saturated heterocycles. The van der Waals surface area contributed by atoms with Crippen LogP contribution in [0.15, 0.2) is 36.5 Å². The van der Waals surface area contributed by atoms with E-state index >= 15 is 0 Å². The van der Waals surface area contributed by atoms with Crippen molar-refractivity contribution >= 4 is 24.0 Å². The molecule has 2 aliphatic rings. The number of nitrogens with one attached hydrogen (secondary N) is 1. The average molecular weight is 473 g/mol. The number of piperazine rings is 1. The van der Waals surface area contributed by atoms with Crippen molar-refractivity contribution in [2.75, 3.05) is 49.7 Å². The van der Waals surface area contributed by atoms with Crippen molar-refractivity contribution < 1.29 is 23.8 Å². The van der Waals surface area contributed by atoms with Crippen LogP contribution < -0.4 is 10.2 Å². The minimum absolute atomic E-state index is 0.0909. The van der Waals surface area contributed by atoms with Crippen molar-refractivity contribution in [3.05, 3.63) is 47.7 Å². The molecule has 2 atom stereocenters. The van der Waals surface area contributed by atoms with Crippen molar-refractivity contribution in [3.63, 3.8) is 0 Å². The van der Waals surface area contributed by atoms with E-state index in [2.05, 4.69) is 20.2 Å². The number of rotatable bonds is 8. The predicted molar refractivity (Wildman–Crippen MR) is 124 cm³/mol. The second kappa shape index (κ2) is 10.6. The molecule has 4 rings (SSSR count). The zero-order chi connectivity index (χ0) is 24.1. The van der Waals surface area contributed by atoms with E-state index < -0.39 is 24.9 Å². The molecule has 3 heterocycles. The van der Waals surface area contributed by atoms with Gasteiger partial charge in [-0.25, -0.2) is 19.0 Å². The Kier molecular flexibility index (Phi) is 7.41. The molecule has 1 aromatic carbocycles. The maximum absolute atomic E-state index is 13.9. The van der Waals surface area contributed by atoms with Gasteiger partial charge in [-0.05, 0) is 23.6 Å². The molecule has 182 valence electrons. The lowest BCUT2D eigenvalue weighted by Crippen LogP contribution is -2.47. The molecular weight excluding hydrogens is 443 g/mol. The molecule has 2 unspecified atom stereocenters. The van der Waals surface area contributed by atoms with E-state index in [1.54, 1.807) is 6.07 Å². The number of halogens is 1. The van der Waals surface area contributed by atoms with Crippen LogP contribution in [-0.2, 0) is 11.3 Å². The van der Waals surface area contributed by atoms with Crippen LogP contribution in [0.25, 0.3) is 0 Å². The van der Waals surface area contributed by atoms with E-state index in [1.807, 2.05) is 31.2 Å². The number of alkyl halides is 1. The molecule has 2 amide bonds. The second-order valence-corrected chi connectivity index (χ2v) is 8.39. The largest absolute Gasteiger partial charge is 0.465 e. The maximum Gasteiger partial charge on any atom is 0.415 e. The first-order chi connectivity index (χ1) is 16.5. The number of cyclic esters (lactones) is 1. The normalized spacial score (nSPS) is 19.7. The zero-order valence-electron chi connectivity index (χ0n) is 19.1. The Morgan fingerprint density at radius 2 is 1.97 bits per heavy atom. The van der Waals surface area contributed by atoms with Gasteiger partial charge in [-0.1, -0.05) is 31.2 Å². The summed E-state index contributed by atoms with van der Waals surface area (Å²) in [4.78, 5) is 36.9. The number of ether oxygens (including phenoxy) is 1. The van der Waals surface area contributed by atoms with E-state index in [-0.39, 0.29) is 12.0 Å². The molecule has 0 bridgehead atoms. The molecule has 0 aliphatic carbocycles. The predicted octanol–water partition coefficient (Wildman–Crippen LogP) is 3.13. The van der Waals surface area contributed by atoms with Gasteiger partial charge in [-0.15, -0.1) is 0 Å². The lowest BCUT2D eigenvalue weighted by Gasteiger charge is -2.33. The van der Waals surface area contributed by atoms with Crippen LogP contribution in [0.3, 0.4) is 0 Å². The van der Waals surface area contributed by atoms with E-state index in [9.17, 15) is 14.0 Å². The van der Waals surface area contributed by atoms with Crippen LogP contribution >= 0.6 is 0 Å². The third-order valence-electron chi connectivity index (χ3n) is 6.21. The van der Waals surface area contributed by atoms with Crippen molar-refractivity contribution in [1.29, 1.82) is 0 Å². The van der Waals surface area contributed by atoms with Gasteiger partial charge in [0.05, 0.1) is 12.1 Å². The van der Waals surface area contributed by atoms with Crippen LogP contribution in [0.4, 0.5) is 25.7 Å². The summed E-state index contributed by atoms with van der Waals surface area (Å²) in [5.41, 5.74) is 1.82. The molecule has 10 nitrogen and oxygen atoms in total. The summed E-state index contributed by atoms with van der Waals surface area (Å²) in [6.45, 7) is 4.68. The molecule has 0 spiro atoms. The van der Waals surface area contributed by atoms with E-state index in [0.29, 0.717) is 45.1 Å². The maximum atomic E-state index is 13.9. The quantitative estimate of drug-likeness (QED) is 0.603. The van der Waals surface area contributed by atoms with Gasteiger partial charge in [0.25, 0.3) is 0 Å². The summed E-state index contributed by atoms with van der Waals surface area (Å²) in [7, 11) is 0. The highest BCUT2D eigenvalue weighted by molar-refractivity contribution is 5.89. The minimum Gasteiger partial charge on any atom is -0.465 e. The number of benzene rings is 1. The number of carbonyl (C=O) groups is 2. The fourth-order valence-corrected chi connectivity index (χ4v) is 4.17. The van der Waals surface area contributed by atoms with Gasteiger partial charge in [0.2, 0.25) is 5.95 Å². The Morgan fingerprint density at radius 3 is 2.62 bits per heavy atom. The molecule has 0 radical (unpaired) electrons. The first kappa shape index (κ1) is 23.7. The average Bonchev–Trinajstić information content (AvgIpc) is 3.24. The number of aromatic nitrogens is 2. The zero-order valence-corrected chi connectivity index (χ0v) is 19.1. The van der Waals surface area contributed by atoms with Crippen molar-refractivity contribution in [3.8, 4) is 0 Å². The molecule has 0 saturated carbocycles. The summed E-state index contributed by atoms with van der Waals surface area (Å²) in [6.07, 6.45) is 0.936. The first-order valence-electron chi connectivity index (χ1n) is 11.4. The number of nitrogens with zero attached hydrogens (tertiary/aromatic N) is 5. The number of carboxylic acid groups (broad SMARTS) is 1. The summed E-state index contributed by atoms with van der Waals surface area (Å²) >= 11 is 0. The molecule has 2 aromatic rings. The van der Waals surface area contributed by atoms with Crippen LogP contribution in [0.2, 0.25) is 0 Å². The molecule has 2 fully saturated rings. The molecule has 11 heteroatoms. The van der Waals surface area contributed by atoms with Gasteiger partial charge in [0, 0.05) is 38.9 Å². The number of amides is 2. The molecular formula is C23H29FN6O4. The second-order valence-electron chi connectivity index (χ2n) is 8.39. The molecule has 2 N–H and O–H groups in total. The number of carbonyl (C=O) groups excluding carboxylic acids is 1. The Bertz CT molecular complexity index is 999. The Balaban J connectivity index is 1.38. The molecule has 1 aromatic heterocycles. The van der Waals surface area contributed by atoms with Gasteiger partial charge in [0.15, 0.2) is 0 Å². The lowest BCUT2D eigenvalue weighted by atomic mass is 10.1. The third-order valence-corrected chi connectivity index (χ3v) is 6.21. The summed E-state index contributed by atoms with van der Waals surface area (Å²) < 4.78 is 19.1. The SMILES string of the molecule is CCC1COC(=O)N1c1ccnc(NC(CF)c2ccc(CN3CCN(C(=O)O)CC3)cc2)n1. The number of hydrogen-bond donors (Lipinski definition) is 2. The monoisotopic (exact) mass is 472 g/mol. The van der Waals surface area contributed by atoms with Crippen LogP contribution in [0, 0.1) is 0 Å². The van der Waals surface area contributed by atoms with Gasteiger partial charge >= 0.3 is 12.2 Å². The summed E-state index contributed by atoms with van der Waals surface area (Å²) in [5, 5.41) is 12.1. The number of hydrogen-bond acceptors (Lipinski definition) is 7. The van der Waals surface area contributed by atoms with Crippen molar-refractivity contribution in [2.24, 2.45) is 0 Å². The van der Waals surface area contributed by atoms with Crippen LogP contribution in [-0.4, -0.2) is 82.6 Å². The fourth-order valence-electron chi connectivity index (χ4n) is 4.17. The highest BCUT2D eigenvalue weighted by atomic mass is 19.1. The van der Waals surface area contributed by atoms with Crippen molar-refractivity contribution in [1.82, 2.24) is 19.8 Å². The fraction of sp³-hybridized carbons (Fsp3) is 0.478. The van der Waals surface area contributed by atoms with Gasteiger partial charge in [0.1, 0.15) is 19.1 Å². The first-order valence-corrected chi connectivity index (χ1v) is 11.4. The smallest absolute Gasteiger partial charge is 0.415 e. The van der Waals surface area contributed by atoms with Crippen LogP contribution in [0.1, 0.15) is 30.5 Å². The Hall–Kier alpha value is -3.47. The third kappa shape index (κ3) is 5.36. The van der Waals surface area contributed by atoms with Gasteiger partial charge in [-0.3, -0.25) is 9.80 Å². The molecule has 34 heavy (non-hydrogen) atoms. The number of anilines is 2. The van der Waals surface area contributed by atoms with Gasteiger partial charge in [-0.2, -0.15) is 4.98 Å². The standard InChI is InChI=1S/C23H29FN6O4/c1-2-18-15-34-23(33)30(18)20-7-8-25-21(27-20)26-19(13-24)17-5-3-16(4-6-17)14-28-9-11-29(12-10-28)22(31)32/h3-8,18-19H,2,9-15H2,1H3,(H,31,32)(H,25,26,27). The Morgan fingerprint density at radius 1 is 1.24 bits per heavy atom. The molecule has 2 aliphatic heterocycles. The van der Waals surface area contributed by atoms with E-state index in [4.69, 9.17) is 9.84 Å². The highest BCUT2D eigenvalue weighted by Gasteiger charge is 2.34. The van der Waals surface area contributed by atoms with Gasteiger partial charge < -0.3 is 20.1 Å². The lowest BCUT2D eigenvalue weighted by molar-refractivity contribution is 0.103. The summed E-state index contributed by atoms with van der Waals surface area (Å²) in [6, 6.07) is 8.54. The van der Waals surface area contributed by atoms with E-state index in [1.165, 1.54) is 16.0 Å².